The highest BCUT2D eigenvalue weighted by atomic mass is 16.5. The highest BCUT2D eigenvalue weighted by Crippen LogP contribution is 2.12. The van der Waals surface area contributed by atoms with Gasteiger partial charge in [-0.1, -0.05) is 0 Å². The average Bonchev–Trinajstić information content (AvgIpc) is 1.55. The number of rotatable bonds is 2. The summed E-state index contributed by atoms with van der Waals surface area (Å²) in [7, 11) is 0. The average molecular weight is 101 g/mol. The third-order valence-corrected chi connectivity index (χ3v) is 1.23. The molecule has 0 N–H and O–H groups in total. The first kappa shape index (κ1) is 5.06. The molecule has 1 rings (SSSR count). The molecule has 0 aromatic heterocycles. The van der Waals surface area contributed by atoms with Crippen LogP contribution in [0.2, 0.25) is 0 Å². The lowest BCUT2D eigenvalue weighted by Crippen LogP contribution is -2.27. The number of ether oxygens (including phenoxy) is 1. The van der Waals surface area contributed by atoms with Crippen LogP contribution >= 0.6 is 0 Å². The van der Waals surface area contributed by atoms with E-state index in [1.165, 1.54) is 0 Å². The van der Waals surface area contributed by atoms with Crippen molar-refractivity contribution in [3.63, 3.8) is 0 Å². The van der Waals surface area contributed by atoms with Gasteiger partial charge in [-0.15, -0.1) is 0 Å². The molecule has 1 aliphatic heterocycles. The third-order valence-electron chi connectivity index (χ3n) is 1.23. The predicted octanol–water partition coefficient (Wildman–Crippen LogP) is 0.453. The molecule has 2 heteroatoms. The molecule has 0 saturated carbocycles. The zero-order valence-electron chi connectivity index (χ0n) is 4.22. The maximum Gasteiger partial charge on any atom is 0.0826 e. The van der Waals surface area contributed by atoms with Crippen LogP contribution in [0.5, 0.6) is 0 Å². The molecule has 1 aliphatic rings. The minimum absolute atomic E-state index is 0.0635. The summed E-state index contributed by atoms with van der Waals surface area (Å²) >= 11 is 0. The fourth-order valence-corrected chi connectivity index (χ4v) is 0.618. The molecule has 0 unspecified atom stereocenters. The molecule has 0 bridgehead atoms. The molecule has 1 radical (unpaired) electrons. The summed E-state index contributed by atoms with van der Waals surface area (Å²) in [4.78, 5) is 0. The van der Waals surface area contributed by atoms with E-state index in [1.807, 2.05) is 0 Å². The van der Waals surface area contributed by atoms with Crippen molar-refractivity contribution in [2.24, 2.45) is 5.92 Å². The van der Waals surface area contributed by atoms with Crippen molar-refractivity contribution in [2.45, 2.75) is 6.42 Å². The van der Waals surface area contributed by atoms with E-state index in [2.05, 4.69) is 0 Å². The van der Waals surface area contributed by atoms with Crippen LogP contribution in [0.25, 0.3) is 0 Å². The van der Waals surface area contributed by atoms with Gasteiger partial charge in [0, 0.05) is 5.92 Å². The fraction of sp³-hybridized carbons (Fsp3) is 1.00. The van der Waals surface area contributed by atoms with Gasteiger partial charge in [0.2, 0.25) is 0 Å². The summed E-state index contributed by atoms with van der Waals surface area (Å²) < 4.78 is 4.85. The SMILES string of the molecule is [O]CCC1COC1. The molecule has 2 nitrogen and oxygen atoms in total. The van der Waals surface area contributed by atoms with E-state index < -0.39 is 0 Å². The minimum atomic E-state index is 0.0635. The smallest absolute Gasteiger partial charge is 0.0826 e. The van der Waals surface area contributed by atoms with Crippen LogP contribution in [-0.4, -0.2) is 19.8 Å². The van der Waals surface area contributed by atoms with Crippen molar-refractivity contribution in [3.8, 4) is 0 Å². The molecule has 0 aromatic carbocycles. The summed E-state index contributed by atoms with van der Waals surface area (Å²) in [5.41, 5.74) is 0. The second-order valence-corrected chi connectivity index (χ2v) is 1.90. The second-order valence-electron chi connectivity index (χ2n) is 1.90. The lowest BCUT2D eigenvalue weighted by molar-refractivity contribution is -0.0453. The Labute approximate surface area is 43.1 Å². The van der Waals surface area contributed by atoms with Gasteiger partial charge < -0.3 is 4.74 Å². The summed E-state index contributed by atoms with van der Waals surface area (Å²) in [6, 6.07) is 0. The first-order valence-corrected chi connectivity index (χ1v) is 2.59. The largest absolute Gasteiger partial charge is 0.381 e. The second kappa shape index (κ2) is 2.28. The van der Waals surface area contributed by atoms with Crippen LogP contribution < -0.4 is 0 Å². The quantitative estimate of drug-likeness (QED) is 0.496. The van der Waals surface area contributed by atoms with Crippen molar-refractivity contribution in [3.05, 3.63) is 0 Å². The lowest BCUT2D eigenvalue weighted by atomic mass is 10.1. The zero-order valence-corrected chi connectivity index (χ0v) is 4.22. The molecular formula is C5H9O2. The molecule has 1 saturated heterocycles. The number of hydrogen-bond acceptors (Lipinski definition) is 1. The molecule has 0 atom stereocenters. The Bertz CT molecular complexity index is 50.0. The van der Waals surface area contributed by atoms with Gasteiger partial charge in [0.25, 0.3) is 0 Å². The van der Waals surface area contributed by atoms with Crippen molar-refractivity contribution >= 4 is 0 Å². The summed E-state index contributed by atoms with van der Waals surface area (Å²) in [6.07, 6.45) is 0.806. The van der Waals surface area contributed by atoms with Gasteiger partial charge in [0.1, 0.15) is 0 Å². The maximum absolute atomic E-state index is 9.88. The molecule has 1 heterocycles. The van der Waals surface area contributed by atoms with Crippen molar-refractivity contribution in [1.29, 1.82) is 0 Å². The fourth-order valence-electron chi connectivity index (χ4n) is 0.618. The molecule has 0 amide bonds. The third kappa shape index (κ3) is 1.14. The van der Waals surface area contributed by atoms with E-state index in [1.54, 1.807) is 0 Å². The standard InChI is InChI=1S/C5H9O2/c6-2-1-5-3-7-4-5/h5H,1-4H2. The zero-order chi connectivity index (χ0) is 5.11. The Hall–Kier alpha value is -0.0800. The molecule has 0 aliphatic carbocycles. The van der Waals surface area contributed by atoms with Crippen molar-refractivity contribution in [1.82, 2.24) is 0 Å². The first-order valence-electron chi connectivity index (χ1n) is 2.59. The summed E-state index contributed by atoms with van der Waals surface area (Å²) in [5.74, 6) is 0.595. The van der Waals surface area contributed by atoms with E-state index >= 15 is 0 Å². The van der Waals surface area contributed by atoms with Gasteiger partial charge in [-0.3, -0.25) is 0 Å². The van der Waals surface area contributed by atoms with Gasteiger partial charge >= 0.3 is 0 Å². The molecule has 41 valence electrons. The molecule has 1 fully saturated rings. The normalized spacial score (nSPS) is 21.9. The van der Waals surface area contributed by atoms with E-state index in [9.17, 15) is 5.11 Å². The Morgan fingerprint density at radius 3 is 2.43 bits per heavy atom. The summed E-state index contributed by atoms with van der Waals surface area (Å²) in [6.45, 7) is 1.71. The lowest BCUT2D eigenvalue weighted by Gasteiger charge is -2.24. The van der Waals surface area contributed by atoms with E-state index in [-0.39, 0.29) is 6.61 Å². The minimum Gasteiger partial charge on any atom is -0.381 e. The Balaban J connectivity index is 1.93. The van der Waals surface area contributed by atoms with Gasteiger partial charge in [-0.25, -0.2) is 5.11 Å². The maximum atomic E-state index is 9.88. The van der Waals surface area contributed by atoms with Crippen molar-refractivity contribution < 1.29 is 9.84 Å². The molecular weight excluding hydrogens is 92.1 g/mol. The van der Waals surface area contributed by atoms with Gasteiger partial charge in [-0.2, -0.15) is 0 Å². The molecule has 0 aromatic rings. The summed E-state index contributed by atoms with van der Waals surface area (Å²) in [5, 5.41) is 9.88. The van der Waals surface area contributed by atoms with Crippen LogP contribution in [0, 0.1) is 5.92 Å². The van der Waals surface area contributed by atoms with Gasteiger partial charge in [0.15, 0.2) is 0 Å². The predicted molar refractivity (Wildman–Crippen MR) is 24.5 cm³/mol. The topological polar surface area (TPSA) is 29.1 Å². The van der Waals surface area contributed by atoms with Crippen LogP contribution in [0.15, 0.2) is 0 Å². The highest BCUT2D eigenvalue weighted by Gasteiger charge is 2.16. The van der Waals surface area contributed by atoms with Crippen LogP contribution in [-0.2, 0) is 9.84 Å². The monoisotopic (exact) mass is 101 g/mol. The van der Waals surface area contributed by atoms with E-state index in [4.69, 9.17) is 4.74 Å². The van der Waals surface area contributed by atoms with E-state index in [0.29, 0.717) is 5.92 Å². The Morgan fingerprint density at radius 2 is 2.29 bits per heavy atom. The first-order chi connectivity index (χ1) is 3.43. The number of hydrogen-bond donors (Lipinski definition) is 0. The van der Waals surface area contributed by atoms with Crippen LogP contribution in [0.3, 0.4) is 0 Å². The van der Waals surface area contributed by atoms with Crippen molar-refractivity contribution in [2.75, 3.05) is 19.8 Å². The van der Waals surface area contributed by atoms with Crippen LogP contribution in [0.4, 0.5) is 0 Å². The van der Waals surface area contributed by atoms with Gasteiger partial charge in [0.05, 0.1) is 19.8 Å². The Kier molecular flexibility index (Phi) is 1.65. The molecule has 7 heavy (non-hydrogen) atoms. The van der Waals surface area contributed by atoms with Gasteiger partial charge in [-0.05, 0) is 6.42 Å². The van der Waals surface area contributed by atoms with Crippen LogP contribution in [0.1, 0.15) is 6.42 Å². The van der Waals surface area contributed by atoms with E-state index in [0.717, 1.165) is 19.6 Å². The molecule has 0 spiro atoms. The Morgan fingerprint density at radius 1 is 1.57 bits per heavy atom. The highest BCUT2D eigenvalue weighted by molar-refractivity contribution is 4.63.